The van der Waals surface area contributed by atoms with Crippen LogP contribution in [-0.4, -0.2) is 15.3 Å². The van der Waals surface area contributed by atoms with Crippen molar-refractivity contribution in [3.8, 4) is 0 Å². The molecule has 0 aliphatic carbocycles. The van der Waals surface area contributed by atoms with Crippen molar-refractivity contribution in [2.45, 2.75) is 19.0 Å². The first-order valence-electron chi connectivity index (χ1n) is 2.17. The van der Waals surface area contributed by atoms with Gasteiger partial charge >= 0.3 is 0 Å². The largest absolute Gasteiger partial charge is 0.179 e. The maximum Gasteiger partial charge on any atom is 0.0343 e. The van der Waals surface area contributed by atoms with Gasteiger partial charge in [-0.2, -0.15) is 12.6 Å². The van der Waals surface area contributed by atoms with E-state index < -0.39 is 0 Å². The van der Waals surface area contributed by atoms with Gasteiger partial charge in [-0.15, -0.1) is 0 Å². The average Bonchev–Trinajstić information content (AvgIpc) is 1.61. The minimum absolute atomic E-state index is 1.06. The third-order valence-corrected chi connectivity index (χ3v) is 1.75. The fourth-order valence-electron chi connectivity index (χ4n) is 0.256. The lowest BCUT2D eigenvalue weighted by molar-refractivity contribution is 1.10. The van der Waals surface area contributed by atoms with Gasteiger partial charge in [0.15, 0.2) is 0 Å². The van der Waals surface area contributed by atoms with Crippen LogP contribution in [0, 0.1) is 0 Å². The highest BCUT2D eigenvalue weighted by Crippen LogP contribution is 1.88. The molecule has 0 nitrogen and oxygen atoms in total. The minimum atomic E-state index is 1.06. The third-order valence-electron chi connectivity index (χ3n) is 0.585. The molecule has 0 aliphatic rings. The van der Waals surface area contributed by atoms with Crippen LogP contribution in [-0.2, 0) is 0 Å². The molecule has 6 heavy (non-hydrogen) atoms. The van der Waals surface area contributed by atoms with Gasteiger partial charge in [0, 0.05) is 9.52 Å². The first-order chi connectivity index (χ1) is 2.91. The second-order valence-corrected chi connectivity index (χ2v) is 2.84. The van der Waals surface area contributed by atoms with Crippen molar-refractivity contribution >= 4 is 22.1 Å². The summed E-state index contributed by atoms with van der Waals surface area (Å²) in [6.45, 7) is 2.23. The topological polar surface area (TPSA) is 0 Å². The van der Waals surface area contributed by atoms with Crippen molar-refractivity contribution in [1.82, 2.24) is 0 Å². The summed E-state index contributed by atoms with van der Waals surface area (Å²) in [6, 6.07) is 1.36. The molecule has 0 N–H and O–H groups in total. The Labute approximate surface area is 47.6 Å². The van der Waals surface area contributed by atoms with Crippen LogP contribution in [0.15, 0.2) is 0 Å². The van der Waals surface area contributed by atoms with Gasteiger partial charge in [0.05, 0.1) is 0 Å². The van der Waals surface area contributed by atoms with E-state index in [1.165, 1.54) is 12.5 Å². The zero-order valence-corrected chi connectivity index (χ0v) is 5.96. The van der Waals surface area contributed by atoms with Crippen LogP contribution in [0.25, 0.3) is 0 Å². The number of rotatable bonds is 3. The summed E-state index contributed by atoms with van der Waals surface area (Å²) >= 11 is 4.06. The lowest BCUT2D eigenvalue weighted by Crippen LogP contribution is -1.79. The van der Waals surface area contributed by atoms with Crippen LogP contribution in [0.1, 0.15) is 6.42 Å². The van der Waals surface area contributed by atoms with E-state index in [4.69, 9.17) is 0 Å². The van der Waals surface area contributed by atoms with Crippen LogP contribution >= 0.6 is 12.6 Å². The maximum atomic E-state index is 4.06. The maximum absolute atomic E-state index is 4.06. The molecular weight excluding hydrogens is 108 g/mol. The van der Waals surface area contributed by atoms with E-state index in [2.05, 4.69) is 19.2 Å². The van der Waals surface area contributed by atoms with Gasteiger partial charge in [-0.1, -0.05) is 12.6 Å². The molecule has 0 aliphatic heterocycles. The molecule has 0 spiro atoms. The Balaban J connectivity index is 2.34. The molecule has 0 aromatic heterocycles. The van der Waals surface area contributed by atoms with Crippen LogP contribution < -0.4 is 0 Å². The fraction of sp³-hybridized carbons (Fsp3) is 1.00. The van der Waals surface area contributed by atoms with E-state index in [1.54, 1.807) is 0 Å². The van der Waals surface area contributed by atoms with Crippen LogP contribution in [0.5, 0.6) is 0 Å². The molecule has 0 rings (SSSR count). The predicted molar refractivity (Wildman–Crippen MR) is 34.9 cm³/mol. The quantitative estimate of drug-likeness (QED) is 0.324. The zero-order valence-electron chi connectivity index (χ0n) is 4.07. The second-order valence-electron chi connectivity index (χ2n) is 1.18. The normalized spacial score (nSPS) is 9.00. The van der Waals surface area contributed by atoms with Gasteiger partial charge in [0.1, 0.15) is 0 Å². The molecule has 0 fully saturated rings. The SMILES string of the molecule is C[Si]CCCS. The molecule has 2 radical (unpaired) electrons. The fourth-order valence-corrected chi connectivity index (χ4v) is 1.24. The lowest BCUT2D eigenvalue weighted by atomic mass is 10.6. The third kappa shape index (κ3) is 4.57. The van der Waals surface area contributed by atoms with Crippen LogP contribution in [0.2, 0.25) is 12.6 Å². The summed E-state index contributed by atoms with van der Waals surface area (Å²) in [5.41, 5.74) is 0. The van der Waals surface area contributed by atoms with Crippen molar-refractivity contribution in [2.75, 3.05) is 5.75 Å². The van der Waals surface area contributed by atoms with Gasteiger partial charge in [0.2, 0.25) is 0 Å². The highest BCUT2D eigenvalue weighted by Gasteiger charge is 1.77. The summed E-state index contributed by atoms with van der Waals surface area (Å²) in [5.74, 6) is 1.06. The Morgan fingerprint density at radius 1 is 1.67 bits per heavy atom. The summed E-state index contributed by atoms with van der Waals surface area (Å²) < 4.78 is 0. The Morgan fingerprint density at radius 3 is 2.50 bits per heavy atom. The van der Waals surface area contributed by atoms with E-state index in [1.807, 2.05) is 0 Å². The monoisotopic (exact) mass is 118 g/mol. The lowest BCUT2D eigenvalue weighted by Gasteiger charge is -1.84. The minimum Gasteiger partial charge on any atom is -0.179 e. The number of thiol groups is 1. The van der Waals surface area contributed by atoms with Gasteiger partial charge in [-0.05, 0) is 12.2 Å². The second kappa shape index (κ2) is 5.57. The average molecular weight is 118 g/mol. The Bertz CT molecular complexity index is 19.5. The Morgan fingerprint density at radius 2 is 2.33 bits per heavy atom. The van der Waals surface area contributed by atoms with Gasteiger partial charge in [-0.25, -0.2) is 0 Å². The highest BCUT2D eigenvalue weighted by atomic mass is 32.1. The molecule has 0 aromatic rings. The molecule has 0 aromatic carbocycles. The van der Waals surface area contributed by atoms with Crippen molar-refractivity contribution in [3.63, 3.8) is 0 Å². The Hall–Kier alpha value is 0.567. The van der Waals surface area contributed by atoms with Gasteiger partial charge in [-0.3, -0.25) is 0 Å². The molecule has 36 valence electrons. The summed E-state index contributed by atoms with van der Waals surface area (Å²) in [7, 11) is 1.12. The van der Waals surface area contributed by atoms with Crippen LogP contribution in [0.4, 0.5) is 0 Å². The zero-order chi connectivity index (χ0) is 4.83. The molecule has 0 atom stereocenters. The molecule has 0 saturated carbocycles. The number of hydrogen-bond acceptors (Lipinski definition) is 1. The standard InChI is InChI=1S/C4H10SSi/c1-6-4-2-3-5/h5H,2-4H2,1H3. The van der Waals surface area contributed by atoms with E-state index in [-0.39, 0.29) is 0 Å². The van der Waals surface area contributed by atoms with E-state index in [0.29, 0.717) is 0 Å². The summed E-state index contributed by atoms with van der Waals surface area (Å²) in [5, 5.41) is 0. The van der Waals surface area contributed by atoms with Crippen LogP contribution in [0.3, 0.4) is 0 Å². The highest BCUT2D eigenvalue weighted by molar-refractivity contribution is 7.80. The first kappa shape index (κ1) is 6.57. The van der Waals surface area contributed by atoms with Gasteiger partial charge < -0.3 is 0 Å². The molecule has 0 bridgehead atoms. The van der Waals surface area contributed by atoms with E-state index in [0.717, 1.165) is 15.3 Å². The summed E-state index contributed by atoms with van der Waals surface area (Å²) in [6.07, 6.45) is 1.29. The molecule has 0 saturated heterocycles. The van der Waals surface area contributed by atoms with Gasteiger partial charge in [0.25, 0.3) is 0 Å². The van der Waals surface area contributed by atoms with Crippen molar-refractivity contribution in [2.24, 2.45) is 0 Å². The first-order valence-corrected chi connectivity index (χ1v) is 4.51. The molecule has 2 heteroatoms. The smallest absolute Gasteiger partial charge is 0.0343 e. The van der Waals surface area contributed by atoms with Crippen molar-refractivity contribution in [1.29, 1.82) is 0 Å². The molecule has 0 unspecified atom stereocenters. The Kier molecular flexibility index (Phi) is 6.09. The van der Waals surface area contributed by atoms with Crippen molar-refractivity contribution < 1.29 is 0 Å². The molecular formula is C4H10SSi. The molecule has 0 heterocycles. The molecule has 0 amide bonds. The predicted octanol–water partition coefficient (Wildman–Crippen LogP) is 1.48. The van der Waals surface area contributed by atoms with E-state index >= 15 is 0 Å². The number of hydrogen-bond donors (Lipinski definition) is 1. The van der Waals surface area contributed by atoms with E-state index in [9.17, 15) is 0 Å². The summed E-state index contributed by atoms with van der Waals surface area (Å²) in [4.78, 5) is 0. The van der Waals surface area contributed by atoms with Crippen molar-refractivity contribution in [3.05, 3.63) is 0 Å².